The molecule has 1 saturated heterocycles. The zero-order valence-electron chi connectivity index (χ0n) is 15.1. The summed E-state index contributed by atoms with van der Waals surface area (Å²) >= 11 is 0.890. The van der Waals surface area contributed by atoms with Crippen molar-refractivity contribution < 1.29 is 23.9 Å². The fourth-order valence-corrected chi connectivity index (χ4v) is 3.13. The summed E-state index contributed by atoms with van der Waals surface area (Å²) in [6.45, 7) is 0.497. The fourth-order valence-electron chi connectivity index (χ4n) is 2.44. The lowest BCUT2D eigenvalue weighted by molar-refractivity contribution is -0.115. The highest BCUT2D eigenvalue weighted by atomic mass is 32.2. The molecule has 7 nitrogen and oxygen atoms in total. The van der Waals surface area contributed by atoms with Crippen LogP contribution in [0.4, 0.5) is 15.3 Å². The molecule has 2 N–H and O–H groups in total. The molecule has 144 valence electrons. The van der Waals surface area contributed by atoms with E-state index in [9.17, 15) is 14.4 Å². The highest BCUT2D eigenvalue weighted by Crippen LogP contribution is 2.26. The van der Waals surface area contributed by atoms with Crippen LogP contribution in [0.5, 0.6) is 5.75 Å². The van der Waals surface area contributed by atoms with Crippen LogP contribution in [0.1, 0.15) is 11.1 Å². The molecule has 0 aliphatic carbocycles. The summed E-state index contributed by atoms with van der Waals surface area (Å²) < 4.78 is 10.3. The van der Waals surface area contributed by atoms with Crippen LogP contribution in [-0.2, 0) is 16.0 Å². The van der Waals surface area contributed by atoms with Gasteiger partial charge in [0, 0.05) is 12.1 Å². The number of carbonyl (C=O) groups excluding carboxylic acids is 3. The van der Waals surface area contributed by atoms with E-state index in [0.29, 0.717) is 29.4 Å². The molecule has 3 rings (SSSR count). The second kappa shape index (κ2) is 9.09. The number of imide groups is 1. The van der Waals surface area contributed by atoms with Crippen LogP contribution in [-0.4, -0.2) is 31.0 Å². The van der Waals surface area contributed by atoms with Crippen LogP contribution in [0.15, 0.2) is 53.4 Å². The molecule has 2 aromatic carbocycles. The summed E-state index contributed by atoms with van der Waals surface area (Å²) in [5, 5.41) is 4.46. The predicted molar refractivity (Wildman–Crippen MR) is 107 cm³/mol. The van der Waals surface area contributed by atoms with Crippen LogP contribution < -0.4 is 15.4 Å². The van der Waals surface area contributed by atoms with Gasteiger partial charge in [-0.15, -0.1) is 0 Å². The topological polar surface area (TPSA) is 93.7 Å². The number of anilines is 1. The fraction of sp³-hybridized carbons (Fsp3) is 0.150. The maximum absolute atomic E-state index is 11.5. The average Bonchev–Trinajstić information content (AvgIpc) is 3.01. The van der Waals surface area contributed by atoms with Gasteiger partial charge in [0.25, 0.3) is 11.1 Å². The second-order valence-electron chi connectivity index (χ2n) is 5.83. The van der Waals surface area contributed by atoms with E-state index < -0.39 is 6.09 Å². The monoisotopic (exact) mass is 398 g/mol. The van der Waals surface area contributed by atoms with Crippen LogP contribution in [0, 0.1) is 0 Å². The van der Waals surface area contributed by atoms with E-state index in [4.69, 9.17) is 4.74 Å². The molecule has 8 heteroatoms. The van der Waals surface area contributed by atoms with Gasteiger partial charge < -0.3 is 9.47 Å². The van der Waals surface area contributed by atoms with Gasteiger partial charge in [-0.3, -0.25) is 20.2 Å². The molecular formula is C20H18N2O5S. The Kier molecular flexibility index (Phi) is 6.33. The Bertz CT molecular complexity index is 907. The van der Waals surface area contributed by atoms with Crippen molar-refractivity contribution in [2.24, 2.45) is 0 Å². The lowest BCUT2D eigenvalue weighted by atomic mass is 10.1. The Hall–Kier alpha value is -3.26. The van der Waals surface area contributed by atoms with Crippen molar-refractivity contribution in [3.63, 3.8) is 0 Å². The van der Waals surface area contributed by atoms with Crippen molar-refractivity contribution in [2.75, 3.05) is 19.0 Å². The van der Waals surface area contributed by atoms with Gasteiger partial charge in [-0.1, -0.05) is 24.3 Å². The molecule has 0 saturated carbocycles. The first-order valence-electron chi connectivity index (χ1n) is 8.45. The third kappa shape index (κ3) is 5.37. The second-order valence-corrected chi connectivity index (χ2v) is 6.85. The first kappa shape index (κ1) is 19.5. The smallest absolute Gasteiger partial charge is 0.411 e. The van der Waals surface area contributed by atoms with Crippen molar-refractivity contribution in [3.05, 3.63) is 64.6 Å². The van der Waals surface area contributed by atoms with Gasteiger partial charge in [0.15, 0.2) is 0 Å². The maximum atomic E-state index is 11.5. The van der Waals surface area contributed by atoms with Gasteiger partial charge in [-0.05, 0) is 53.2 Å². The van der Waals surface area contributed by atoms with Crippen LogP contribution in [0.2, 0.25) is 0 Å². The Morgan fingerprint density at radius 2 is 1.82 bits per heavy atom. The molecule has 1 fully saturated rings. The number of rotatable bonds is 6. The number of ether oxygens (including phenoxy) is 2. The summed E-state index contributed by atoms with van der Waals surface area (Å²) in [4.78, 5) is 34.2. The zero-order valence-corrected chi connectivity index (χ0v) is 15.9. The largest absolute Gasteiger partial charge is 0.493 e. The molecule has 2 aromatic rings. The van der Waals surface area contributed by atoms with Crippen molar-refractivity contribution in [3.8, 4) is 5.75 Å². The number of amides is 3. The molecule has 0 unspecified atom stereocenters. The SMILES string of the molecule is COC(=O)Nc1ccc(CCOc2ccc(/C=C3\SC(=O)NC3=O)cc2)cc1. The zero-order chi connectivity index (χ0) is 19.9. The number of nitrogens with one attached hydrogen (secondary N) is 2. The minimum absolute atomic E-state index is 0.356. The summed E-state index contributed by atoms with van der Waals surface area (Å²) in [6.07, 6.45) is 1.87. The Balaban J connectivity index is 1.49. The van der Waals surface area contributed by atoms with E-state index in [1.165, 1.54) is 7.11 Å². The molecule has 28 heavy (non-hydrogen) atoms. The van der Waals surface area contributed by atoms with Crippen molar-refractivity contribution in [1.82, 2.24) is 5.32 Å². The lowest BCUT2D eigenvalue weighted by Gasteiger charge is -2.08. The van der Waals surface area contributed by atoms with Crippen LogP contribution >= 0.6 is 11.8 Å². The minimum atomic E-state index is -0.506. The maximum Gasteiger partial charge on any atom is 0.411 e. The summed E-state index contributed by atoms with van der Waals surface area (Å²) in [7, 11) is 1.32. The van der Waals surface area contributed by atoms with Gasteiger partial charge in [-0.25, -0.2) is 4.79 Å². The third-order valence-corrected chi connectivity index (χ3v) is 4.68. The van der Waals surface area contributed by atoms with Crippen molar-refractivity contribution >= 4 is 40.8 Å². The number of benzene rings is 2. The summed E-state index contributed by atoms with van der Waals surface area (Å²) in [5.41, 5.74) is 2.55. The summed E-state index contributed by atoms with van der Waals surface area (Å²) in [6, 6.07) is 14.7. The standard InChI is InChI=1S/C20H18N2O5S/c1-26-19(24)21-15-6-2-13(3-7-15)10-11-27-16-8-4-14(5-9-16)12-17-18(23)22-20(25)28-17/h2-9,12H,10-11H2,1H3,(H,21,24)(H,22,23,25)/b17-12-. The lowest BCUT2D eigenvalue weighted by Crippen LogP contribution is -2.17. The Morgan fingerprint density at radius 1 is 1.11 bits per heavy atom. The number of thioether (sulfide) groups is 1. The normalized spacial score (nSPS) is 14.7. The first-order valence-corrected chi connectivity index (χ1v) is 9.27. The highest BCUT2D eigenvalue weighted by Gasteiger charge is 2.24. The molecule has 1 heterocycles. The first-order chi connectivity index (χ1) is 13.5. The highest BCUT2D eigenvalue weighted by molar-refractivity contribution is 8.18. The van der Waals surface area contributed by atoms with Crippen molar-refractivity contribution in [2.45, 2.75) is 6.42 Å². The van der Waals surface area contributed by atoms with E-state index in [-0.39, 0.29) is 11.1 Å². The number of carbonyl (C=O) groups is 3. The molecule has 0 spiro atoms. The van der Waals surface area contributed by atoms with E-state index in [1.54, 1.807) is 18.2 Å². The number of methoxy groups -OCH3 is 1. The predicted octanol–water partition coefficient (Wildman–Crippen LogP) is 3.81. The molecule has 0 bridgehead atoms. The van der Waals surface area contributed by atoms with Gasteiger partial charge in [-0.2, -0.15) is 0 Å². The molecule has 1 aliphatic rings. The molecule has 0 aromatic heterocycles. The van der Waals surface area contributed by atoms with Gasteiger partial charge in [0.2, 0.25) is 0 Å². The molecule has 1 aliphatic heterocycles. The Morgan fingerprint density at radius 3 is 2.43 bits per heavy atom. The van der Waals surface area contributed by atoms with Gasteiger partial charge in [0.05, 0.1) is 18.6 Å². The number of hydrogen-bond donors (Lipinski definition) is 2. The van der Waals surface area contributed by atoms with Gasteiger partial charge in [0.1, 0.15) is 5.75 Å². The quantitative estimate of drug-likeness (QED) is 0.719. The summed E-state index contributed by atoms with van der Waals surface area (Å²) in [5.74, 6) is 0.342. The average molecular weight is 398 g/mol. The Labute approximate surface area is 166 Å². The van der Waals surface area contributed by atoms with Crippen LogP contribution in [0.3, 0.4) is 0 Å². The third-order valence-electron chi connectivity index (χ3n) is 3.87. The molecule has 0 atom stereocenters. The van der Waals surface area contributed by atoms with Crippen molar-refractivity contribution in [1.29, 1.82) is 0 Å². The van der Waals surface area contributed by atoms with Crippen LogP contribution in [0.25, 0.3) is 6.08 Å². The van der Waals surface area contributed by atoms with E-state index in [2.05, 4.69) is 15.4 Å². The van der Waals surface area contributed by atoms with E-state index in [1.807, 2.05) is 36.4 Å². The van der Waals surface area contributed by atoms with Gasteiger partial charge >= 0.3 is 6.09 Å². The van der Waals surface area contributed by atoms with E-state index >= 15 is 0 Å². The minimum Gasteiger partial charge on any atom is -0.493 e. The molecular weight excluding hydrogens is 380 g/mol. The molecule has 0 radical (unpaired) electrons. The van der Waals surface area contributed by atoms with E-state index in [0.717, 1.165) is 22.9 Å². The molecule has 3 amide bonds. The number of hydrogen-bond acceptors (Lipinski definition) is 6.